The molecule has 17 heavy (non-hydrogen) atoms. The molecule has 2 rings (SSSR count). The van der Waals surface area contributed by atoms with Gasteiger partial charge in [0.15, 0.2) is 0 Å². The lowest BCUT2D eigenvalue weighted by Gasteiger charge is -2.19. The Morgan fingerprint density at radius 1 is 1.18 bits per heavy atom. The van der Waals surface area contributed by atoms with Crippen molar-refractivity contribution in [1.82, 2.24) is 4.98 Å². The highest BCUT2D eigenvalue weighted by atomic mass is 15.1. The summed E-state index contributed by atoms with van der Waals surface area (Å²) in [6.45, 7) is 2.85. The van der Waals surface area contributed by atoms with E-state index in [4.69, 9.17) is 5.73 Å². The maximum Gasteiger partial charge on any atom is 0.123 e. The molecule has 0 radical (unpaired) electrons. The van der Waals surface area contributed by atoms with Gasteiger partial charge in [0.1, 0.15) is 5.82 Å². The van der Waals surface area contributed by atoms with Crippen LogP contribution < -0.4 is 10.6 Å². The Hall–Kier alpha value is -2.03. The molecule has 0 amide bonds. The molecule has 0 saturated carbocycles. The maximum atomic E-state index is 5.67. The molecule has 1 aromatic heterocycles. The standard InChI is InChI=1S/C14H17N3/c1-11-5-3-7-13(9-11)17(2)10-12-6-4-8-14(15)16-12/h3-9H,10H2,1-2H3,(H2,15,16). The normalized spacial score (nSPS) is 10.2. The first-order valence-electron chi connectivity index (χ1n) is 5.64. The van der Waals surface area contributed by atoms with Crippen LogP contribution in [0.1, 0.15) is 11.3 Å². The zero-order valence-corrected chi connectivity index (χ0v) is 10.2. The van der Waals surface area contributed by atoms with Crippen molar-refractivity contribution in [2.75, 3.05) is 17.7 Å². The fourth-order valence-corrected chi connectivity index (χ4v) is 1.79. The number of pyridine rings is 1. The van der Waals surface area contributed by atoms with Crippen molar-refractivity contribution in [1.29, 1.82) is 0 Å². The zero-order valence-electron chi connectivity index (χ0n) is 10.2. The third kappa shape index (κ3) is 2.97. The van der Waals surface area contributed by atoms with E-state index in [-0.39, 0.29) is 0 Å². The molecule has 2 N–H and O–H groups in total. The Morgan fingerprint density at radius 2 is 1.94 bits per heavy atom. The van der Waals surface area contributed by atoms with Gasteiger partial charge in [-0.05, 0) is 36.8 Å². The average molecular weight is 227 g/mol. The van der Waals surface area contributed by atoms with Crippen LogP contribution in [0.25, 0.3) is 0 Å². The van der Waals surface area contributed by atoms with Crippen LogP contribution in [0.3, 0.4) is 0 Å². The minimum atomic E-state index is 0.570. The summed E-state index contributed by atoms with van der Waals surface area (Å²) in [6, 6.07) is 14.1. The molecule has 0 fully saturated rings. The quantitative estimate of drug-likeness (QED) is 0.876. The van der Waals surface area contributed by atoms with Gasteiger partial charge in [0.2, 0.25) is 0 Å². The first kappa shape index (κ1) is 11.5. The molecule has 0 aliphatic heterocycles. The number of aromatic nitrogens is 1. The van der Waals surface area contributed by atoms with E-state index < -0.39 is 0 Å². The predicted molar refractivity (Wildman–Crippen MR) is 71.9 cm³/mol. The molecule has 0 spiro atoms. The van der Waals surface area contributed by atoms with Crippen LogP contribution in [0.5, 0.6) is 0 Å². The second-order valence-corrected chi connectivity index (χ2v) is 4.25. The molecule has 0 atom stereocenters. The Labute approximate surface area is 102 Å². The first-order chi connectivity index (χ1) is 8.15. The average Bonchev–Trinajstić information content (AvgIpc) is 2.29. The Bertz CT molecular complexity index is 508. The van der Waals surface area contributed by atoms with Crippen LogP contribution in [0.2, 0.25) is 0 Å². The Kier molecular flexibility index (Phi) is 3.28. The van der Waals surface area contributed by atoms with Crippen molar-refractivity contribution >= 4 is 11.5 Å². The van der Waals surface area contributed by atoms with Crippen LogP contribution in [-0.4, -0.2) is 12.0 Å². The molecular weight excluding hydrogens is 210 g/mol. The highest BCUT2D eigenvalue weighted by Crippen LogP contribution is 2.16. The molecule has 2 aromatic rings. The van der Waals surface area contributed by atoms with Crippen molar-refractivity contribution in [3.63, 3.8) is 0 Å². The molecule has 3 nitrogen and oxygen atoms in total. The number of hydrogen-bond donors (Lipinski definition) is 1. The van der Waals surface area contributed by atoms with Crippen LogP contribution in [-0.2, 0) is 6.54 Å². The van der Waals surface area contributed by atoms with Crippen molar-refractivity contribution in [2.24, 2.45) is 0 Å². The summed E-state index contributed by atoms with van der Waals surface area (Å²) >= 11 is 0. The number of rotatable bonds is 3. The molecule has 3 heteroatoms. The second kappa shape index (κ2) is 4.87. The summed E-state index contributed by atoms with van der Waals surface area (Å²) in [4.78, 5) is 6.46. The topological polar surface area (TPSA) is 42.1 Å². The van der Waals surface area contributed by atoms with E-state index >= 15 is 0 Å². The maximum absolute atomic E-state index is 5.67. The van der Waals surface area contributed by atoms with E-state index in [1.54, 1.807) is 6.07 Å². The SMILES string of the molecule is Cc1cccc(N(C)Cc2cccc(N)n2)c1. The van der Waals surface area contributed by atoms with Crippen LogP contribution in [0.15, 0.2) is 42.5 Å². The summed E-state index contributed by atoms with van der Waals surface area (Å²) in [6.07, 6.45) is 0. The lowest BCUT2D eigenvalue weighted by atomic mass is 10.2. The summed E-state index contributed by atoms with van der Waals surface area (Å²) in [5.74, 6) is 0.570. The summed E-state index contributed by atoms with van der Waals surface area (Å²) < 4.78 is 0. The summed E-state index contributed by atoms with van der Waals surface area (Å²) in [5, 5.41) is 0. The van der Waals surface area contributed by atoms with Gasteiger partial charge >= 0.3 is 0 Å². The molecule has 0 unspecified atom stereocenters. The molecule has 0 saturated heterocycles. The van der Waals surface area contributed by atoms with E-state index in [1.807, 2.05) is 12.1 Å². The third-order valence-corrected chi connectivity index (χ3v) is 2.67. The van der Waals surface area contributed by atoms with E-state index in [1.165, 1.54) is 11.3 Å². The molecular formula is C14H17N3. The first-order valence-corrected chi connectivity index (χ1v) is 5.64. The van der Waals surface area contributed by atoms with Crippen LogP contribution >= 0.6 is 0 Å². The monoisotopic (exact) mass is 227 g/mol. The second-order valence-electron chi connectivity index (χ2n) is 4.25. The number of anilines is 2. The number of nitrogen functional groups attached to an aromatic ring is 1. The fraction of sp³-hybridized carbons (Fsp3) is 0.214. The lowest BCUT2D eigenvalue weighted by Crippen LogP contribution is -2.17. The van der Waals surface area contributed by atoms with E-state index in [0.717, 1.165) is 12.2 Å². The van der Waals surface area contributed by atoms with Gasteiger partial charge in [-0.15, -0.1) is 0 Å². The van der Waals surface area contributed by atoms with Crippen LogP contribution in [0, 0.1) is 6.92 Å². The molecule has 0 aliphatic rings. The molecule has 88 valence electrons. The van der Waals surface area contributed by atoms with Gasteiger partial charge < -0.3 is 10.6 Å². The minimum Gasteiger partial charge on any atom is -0.384 e. The van der Waals surface area contributed by atoms with E-state index in [2.05, 4.69) is 48.1 Å². The molecule has 1 aromatic carbocycles. The largest absolute Gasteiger partial charge is 0.384 e. The van der Waals surface area contributed by atoms with Gasteiger partial charge in [0.05, 0.1) is 12.2 Å². The molecule has 0 aliphatic carbocycles. The van der Waals surface area contributed by atoms with E-state index in [9.17, 15) is 0 Å². The van der Waals surface area contributed by atoms with E-state index in [0.29, 0.717) is 5.82 Å². The van der Waals surface area contributed by atoms with Gasteiger partial charge in [-0.1, -0.05) is 18.2 Å². The summed E-state index contributed by atoms with van der Waals surface area (Å²) in [5.41, 5.74) is 9.10. The Morgan fingerprint density at radius 3 is 2.65 bits per heavy atom. The number of benzene rings is 1. The third-order valence-electron chi connectivity index (χ3n) is 2.67. The van der Waals surface area contributed by atoms with Gasteiger partial charge in [0, 0.05) is 12.7 Å². The molecule has 0 bridgehead atoms. The minimum absolute atomic E-state index is 0.570. The predicted octanol–water partition coefficient (Wildman–Crippen LogP) is 2.61. The highest BCUT2D eigenvalue weighted by Gasteiger charge is 2.03. The number of nitrogens with two attached hydrogens (primary N) is 1. The molecule has 1 heterocycles. The van der Waals surface area contributed by atoms with Crippen molar-refractivity contribution < 1.29 is 0 Å². The van der Waals surface area contributed by atoms with Gasteiger partial charge in [-0.3, -0.25) is 0 Å². The van der Waals surface area contributed by atoms with Crippen molar-refractivity contribution in [3.8, 4) is 0 Å². The summed E-state index contributed by atoms with van der Waals surface area (Å²) in [7, 11) is 2.06. The lowest BCUT2D eigenvalue weighted by molar-refractivity contribution is 0.886. The highest BCUT2D eigenvalue weighted by molar-refractivity contribution is 5.48. The fourth-order valence-electron chi connectivity index (χ4n) is 1.79. The van der Waals surface area contributed by atoms with Crippen LogP contribution in [0.4, 0.5) is 11.5 Å². The Balaban J connectivity index is 2.14. The number of aryl methyl sites for hydroxylation is 1. The van der Waals surface area contributed by atoms with Gasteiger partial charge in [0.25, 0.3) is 0 Å². The van der Waals surface area contributed by atoms with Gasteiger partial charge in [-0.2, -0.15) is 0 Å². The van der Waals surface area contributed by atoms with Crippen molar-refractivity contribution in [2.45, 2.75) is 13.5 Å². The zero-order chi connectivity index (χ0) is 12.3. The number of hydrogen-bond acceptors (Lipinski definition) is 3. The number of nitrogens with zero attached hydrogens (tertiary/aromatic N) is 2. The smallest absolute Gasteiger partial charge is 0.123 e. The van der Waals surface area contributed by atoms with Crippen molar-refractivity contribution in [3.05, 3.63) is 53.7 Å². The van der Waals surface area contributed by atoms with Gasteiger partial charge in [-0.25, -0.2) is 4.98 Å².